The van der Waals surface area contributed by atoms with Crippen molar-refractivity contribution in [2.75, 3.05) is 111 Å². The van der Waals surface area contributed by atoms with Crippen LogP contribution in [0.15, 0.2) is 198 Å². The van der Waals surface area contributed by atoms with Crippen LogP contribution in [-0.4, -0.2) is 294 Å². The predicted octanol–water partition coefficient (Wildman–Crippen LogP) is 8.64. The minimum atomic E-state index is -5.13. The third kappa shape index (κ3) is 32.7. The number of esters is 8. The maximum atomic E-state index is 14.1. The fourth-order valence-corrected chi connectivity index (χ4v) is 17.5. The second kappa shape index (κ2) is 54.1. The molecular formula is C90H120N6O38P4. The summed E-state index contributed by atoms with van der Waals surface area (Å²) in [5.74, 6) is -13.2. The number of ether oxygens (including phenoxy) is 11. The number of phosphoric ester groups is 1. The molecule has 0 fully saturated rings. The second-order valence-electron chi connectivity index (χ2n) is 31.6. The number of aliphatic hydroxyl groups excluding tert-OH is 5. The van der Waals surface area contributed by atoms with Gasteiger partial charge in [-0.25, -0.2) is 65.5 Å². The van der Waals surface area contributed by atoms with Crippen LogP contribution in [0.3, 0.4) is 0 Å². The first-order chi connectivity index (χ1) is 64.4. The molecule has 0 aliphatic carbocycles. The lowest BCUT2D eigenvalue weighted by atomic mass is 9.80. The Morgan fingerprint density at radius 3 is 0.841 bits per heavy atom. The first-order valence-corrected chi connectivity index (χ1v) is 48.2. The summed E-state index contributed by atoms with van der Waals surface area (Å²) in [6.07, 6.45) is -12.6. The number of aliphatic hydroxyl groups is 5. The third-order valence-electron chi connectivity index (χ3n) is 19.7. The fourth-order valence-electron chi connectivity index (χ4n) is 12.7. The van der Waals surface area contributed by atoms with E-state index in [0.717, 1.165) is 27.8 Å². The van der Waals surface area contributed by atoms with Crippen molar-refractivity contribution in [3.8, 4) is 0 Å². The van der Waals surface area contributed by atoms with Gasteiger partial charge in [0.05, 0.1) is 52.1 Å². The van der Waals surface area contributed by atoms with Gasteiger partial charge in [-0.1, -0.05) is 159 Å². The van der Waals surface area contributed by atoms with Gasteiger partial charge in [0.2, 0.25) is 24.4 Å². The molecule has 0 radical (unpaired) electrons. The number of phosphoric acid groups is 1. The average molecular weight is 2020 g/mol. The van der Waals surface area contributed by atoms with Crippen molar-refractivity contribution in [1.82, 2.24) is 28.0 Å². The van der Waals surface area contributed by atoms with E-state index >= 15 is 0 Å². The van der Waals surface area contributed by atoms with Crippen molar-refractivity contribution in [3.05, 3.63) is 226 Å². The van der Waals surface area contributed by atoms with Crippen LogP contribution in [0.5, 0.6) is 0 Å². The molecule has 758 valence electrons. The Kier molecular flexibility index (Phi) is 45.8. The lowest BCUT2D eigenvalue weighted by Gasteiger charge is -2.37. The maximum absolute atomic E-state index is 14.1. The van der Waals surface area contributed by atoms with Gasteiger partial charge in [0.25, 0.3) is 23.0 Å². The lowest BCUT2D eigenvalue weighted by Crippen LogP contribution is -2.42. The summed E-state index contributed by atoms with van der Waals surface area (Å²) in [6.45, 7) is 2.64. The highest BCUT2D eigenvalue weighted by molar-refractivity contribution is 7.54. The SMILES string of the molecule is C.CC(=O)CCC(=O)OC(CO)C1OC(=O)C(OP(=O)(N(C)C)N(C)C)=C1O.CC(=O)CCC(=O)OC(CO)C1OC(=O)C(OP(=O)(N(C)C)N(C)C)=C1OCc1ccccc1.CC(=O)CCC(=O)OC(CO)C1OC(=O)C(OP(=O)(O)O)=C1O.CC(=O)CCC(=O)OC(COC(c1ccccc1)(c1ccccc1)c1ccccc1)C1OC(=O)C(OP(=O)(N(C)C)N(C)C)=C1OCc1ccccc1. The van der Waals surface area contributed by atoms with Gasteiger partial charge in [-0.05, 0) is 140 Å². The van der Waals surface area contributed by atoms with Gasteiger partial charge >= 0.3 is 78.6 Å². The molecule has 0 aromatic heterocycles. The summed E-state index contributed by atoms with van der Waals surface area (Å²) >= 11 is 0. The molecule has 48 heteroatoms. The normalized spacial score (nSPS) is 16.9. The van der Waals surface area contributed by atoms with Crippen molar-refractivity contribution in [3.63, 3.8) is 0 Å². The number of benzene rings is 5. The molecule has 0 amide bonds. The zero-order chi connectivity index (χ0) is 102. The van der Waals surface area contributed by atoms with Crippen LogP contribution in [0.25, 0.3) is 0 Å². The van der Waals surface area contributed by atoms with Crippen LogP contribution in [0.1, 0.15) is 114 Å². The molecule has 5 aromatic rings. The van der Waals surface area contributed by atoms with Crippen LogP contribution in [0.2, 0.25) is 0 Å². The van der Waals surface area contributed by atoms with E-state index in [2.05, 4.69) is 9.26 Å². The van der Waals surface area contributed by atoms with Gasteiger partial charge in [0, 0.05) is 25.7 Å². The van der Waals surface area contributed by atoms with Crippen LogP contribution in [0, 0.1) is 0 Å². The summed E-state index contributed by atoms with van der Waals surface area (Å²) in [6, 6.07) is 47.1. The van der Waals surface area contributed by atoms with E-state index in [9.17, 15) is 101 Å². The maximum Gasteiger partial charge on any atom is 0.525 e. The van der Waals surface area contributed by atoms with Gasteiger partial charge in [0.15, 0.2) is 47.5 Å². The molecule has 4 aliphatic heterocycles. The molecule has 5 aromatic carbocycles. The van der Waals surface area contributed by atoms with E-state index in [1.54, 1.807) is 52.5 Å². The zero-order valence-electron chi connectivity index (χ0n) is 78.2. The number of nitrogens with zero attached hydrogens (tertiary/aromatic N) is 6. The summed E-state index contributed by atoms with van der Waals surface area (Å²) in [4.78, 5) is 161. The first kappa shape index (κ1) is 117. The van der Waals surface area contributed by atoms with Gasteiger partial charge in [-0.2, -0.15) is 0 Å². The minimum absolute atomic E-state index is 0. The summed E-state index contributed by atoms with van der Waals surface area (Å²) in [5.41, 5.74) is 2.68. The summed E-state index contributed by atoms with van der Waals surface area (Å²) in [7, 11) is 1.93. The van der Waals surface area contributed by atoms with E-state index in [1.807, 2.05) is 127 Å². The molecule has 0 saturated heterocycles. The highest BCUT2D eigenvalue weighted by atomic mass is 31.2. The molecule has 138 heavy (non-hydrogen) atoms. The molecule has 4 heterocycles. The molecule has 8 atom stereocenters. The molecule has 8 unspecified atom stereocenters. The second-order valence-corrected chi connectivity index (χ2v) is 41.1. The van der Waals surface area contributed by atoms with E-state index < -0.39 is 187 Å². The standard InChI is InChI=1S/C41H45N2O9P.C22H31N2O9P.C15H25N2O9P.C11H15O11P.CH4/c1-30(44)26-27-36(45)50-35(29-49-41(32-20-12-7-13-21-32,33-22-14-8-15-23-33)34-24-16-9-17-25-34)37-38(48-28-31-18-10-6-11-19-31)39(40(46)51-37)52-53(47,42(2)3)43(4)5;1-15(26)11-12-18(27)31-17(13-25)19-20(30-14-16-9-7-6-8-10-16)21(22(28)32-19)33-34(29,23(2)3)24(4)5;1-9(19)6-7-11(20)24-10(8-18)13-12(21)14(15(22)25-13)26-27(23,16(2)3)17(4)5;1-5(13)2-3-7(14)20-6(4-12)9-8(15)10(11(16)21-9)22-23(17,18)19;/h6-25,35,37H,26-29H2,1-5H3;6-10,17,19,25H,11-14H2,1-5H3;10,13,18,21H,6-8H2,1-5H3;6,9,12,15H,2-4H2,1H3,(H2,17,18,19);1H4. The van der Waals surface area contributed by atoms with Crippen molar-refractivity contribution < 1.29 is 181 Å². The van der Waals surface area contributed by atoms with Crippen molar-refractivity contribution in [2.24, 2.45) is 0 Å². The Morgan fingerprint density at radius 2 is 0.580 bits per heavy atom. The Labute approximate surface area is 798 Å². The number of carbonyl (C=O) groups excluding carboxylic acids is 12. The molecule has 4 aliphatic rings. The minimum Gasteiger partial charge on any atom is -0.505 e. The van der Waals surface area contributed by atoms with E-state index in [-0.39, 0.29) is 113 Å². The molecule has 0 saturated carbocycles. The van der Waals surface area contributed by atoms with Crippen LogP contribution >= 0.6 is 30.8 Å². The van der Waals surface area contributed by atoms with Gasteiger partial charge in [0.1, 0.15) is 41.9 Å². The van der Waals surface area contributed by atoms with Crippen LogP contribution in [0.4, 0.5) is 0 Å². The Hall–Kier alpha value is -11.7. The number of hydrogen-bond donors (Lipinski definition) is 7. The largest absolute Gasteiger partial charge is 0.525 e. The third-order valence-corrected chi connectivity index (χ3v) is 27.5. The Bertz CT molecular complexity index is 5230. The van der Waals surface area contributed by atoms with Crippen LogP contribution < -0.4 is 0 Å². The van der Waals surface area contributed by atoms with Crippen molar-refractivity contribution in [2.45, 2.75) is 154 Å². The first-order valence-electron chi connectivity index (χ1n) is 42.0. The molecule has 44 nitrogen and oxygen atoms in total. The van der Waals surface area contributed by atoms with Gasteiger partial charge in [-0.15, -0.1) is 0 Å². The quantitative estimate of drug-likeness (QED) is 0.00828. The Morgan fingerprint density at radius 1 is 0.348 bits per heavy atom. The number of rotatable bonds is 49. The van der Waals surface area contributed by atoms with Crippen LogP contribution in [-0.2, 0) is 165 Å². The average Bonchev–Trinajstić information content (AvgIpc) is 1.59. The number of carbonyl (C=O) groups is 12. The topological polar surface area (TPSA) is 573 Å². The Balaban J connectivity index is 0.000000343. The predicted molar refractivity (Wildman–Crippen MR) is 489 cm³/mol. The van der Waals surface area contributed by atoms with Gasteiger partial charge < -0.3 is 115 Å². The molecule has 9 rings (SSSR count). The van der Waals surface area contributed by atoms with Crippen molar-refractivity contribution >= 4 is 102 Å². The van der Waals surface area contributed by atoms with E-state index in [4.69, 9.17) is 70.7 Å². The van der Waals surface area contributed by atoms with Crippen molar-refractivity contribution in [1.29, 1.82) is 0 Å². The number of hydrogen-bond acceptors (Lipinski definition) is 36. The zero-order valence-corrected chi connectivity index (χ0v) is 81.8. The number of Topliss-reactive ketones (excluding diaryl/α,β-unsaturated/α-hetero) is 4. The summed E-state index contributed by atoms with van der Waals surface area (Å²) in [5, 5.41) is 48.5. The smallest absolute Gasteiger partial charge is 0.505 e. The highest BCUT2D eigenvalue weighted by Gasteiger charge is 2.53. The molecule has 0 bridgehead atoms. The van der Waals surface area contributed by atoms with E-state index in [0.29, 0.717) is 0 Å². The monoisotopic (exact) mass is 2020 g/mol. The molecular weight excluding hydrogens is 1900 g/mol. The highest BCUT2D eigenvalue weighted by Crippen LogP contribution is 2.57. The van der Waals surface area contributed by atoms with E-state index in [1.165, 1.54) is 112 Å². The molecule has 7 N–H and O–H groups in total. The number of ketones is 4. The fraction of sp³-hybridized carbons (Fsp3) is 0.444. The lowest BCUT2D eigenvalue weighted by molar-refractivity contribution is -0.171. The summed E-state index contributed by atoms with van der Waals surface area (Å²) < 4.78 is 141. The van der Waals surface area contributed by atoms with Gasteiger partial charge in [-0.3, -0.25) is 29.0 Å². The molecule has 0 spiro atoms. The number of cyclic esters (lactones) is 4.